The summed E-state index contributed by atoms with van der Waals surface area (Å²) >= 11 is 5.99. The highest BCUT2D eigenvalue weighted by atomic mass is 35.5. The van der Waals surface area contributed by atoms with Crippen molar-refractivity contribution in [2.75, 3.05) is 17.4 Å². The van der Waals surface area contributed by atoms with Gasteiger partial charge in [0.05, 0.1) is 10.6 Å². The number of benzene rings is 3. The second kappa shape index (κ2) is 13.4. The van der Waals surface area contributed by atoms with Crippen LogP contribution in [0, 0.1) is 6.92 Å². The van der Waals surface area contributed by atoms with Gasteiger partial charge < -0.3 is 10.2 Å². The Morgan fingerprint density at radius 3 is 2.24 bits per heavy atom. The highest BCUT2D eigenvalue weighted by Crippen LogP contribution is 2.26. The largest absolute Gasteiger partial charge is 0.354 e. The maximum atomic E-state index is 13.9. The van der Waals surface area contributed by atoms with Crippen LogP contribution in [0.1, 0.15) is 37.8 Å². The van der Waals surface area contributed by atoms with Crippen LogP contribution in [-0.4, -0.2) is 44.3 Å². The first-order valence-corrected chi connectivity index (χ1v) is 14.4. The van der Waals surface area contributed by atoms with Crippen molar-refractivity contribution in [1.29, 1.82) is 0 Å². The maximum Gasteiger partial charge on any atom is 0.264 e. The fourth-order valence-electron chi connectivity index (χ4n) is 4.11. The maximum absolute atomic E-state index is 13.9. The van der Waals surface area contributed by atoms with Crippen LogP contribution in [0.5, 0.6) is 0 Å². The van der Waals surface area contributed by atoms with E-state index in [1.807, 2.05) is 57.2 Å². The Morgan fingerprint density at radius 1 is 0.947 bits per heavy atom. The zero-order valence-electron chi connectivity index (χ0n) is 21.9. The number of amides is 2. The SMILES string of the molecule is CCCNC(=O)[C@H](CC)N(Cc1ccccc1)C(=O)CN(c1cccc(C)c1)S(=O)(=O)c1ccc(Cl)cc1. The van der Waals surface area contributed by atoms with E-state index in [1.165, 1.54) is 29.2 Å². The van der Waals surface area contributed by atoms with Crippen molar-refractivity contribution in [3.8, 4) is 0 Å². The van der Waals surface area contributed by atoms with E-state index >= 15 is 0 Å². The molecule has 3 aromatic carbocycles. The van der Waals surface area contributed by atoms with Gasteiger partial charge in [-0.1, -0.05) is 67.9 Å². The molecule has 2 amide bonds. The van der Waals surface area contributed by atoms with Gasteiger partial charge >= 0.3 is 0 Å². The Bertz CT molecular complexity index is 1330. The average molecular weight is 556 g/mol. The lowest BCUT2D eigenvalue weighted by atomic mass is 10.1. The lowest BCUT2D eigenvalue weighted by Crippen LogP contribution is -2.52. The fourth-order valence-corrected chi connectivity index (χ4v) is 5.64. The molecule has 0 heterocycles. The van der Waals surface area contributed by atoms with Crippen molar-refractivity contribution < 1.29 is 18.0 Å². The number of nitrogens with zero attached hydrogens (tertiary/aromatic N) is 2. The number of nitrogens with one attached hydrogen (secondary N) is 1. The summed E-state index contributed by atoms with van der Waals surface area (Å²) < 4.78 is 28.7. The molecule has 0 aliphatic rings. The molecule has 9 heteroatoms. The third-order valence-corrected chi connectivity index (χ3v) is 8.14. The molecule has 3 aromatic rings. The van der Waals surface area contributed by atoms with Crippen molar-refractivity contribution in [2.45, 2.75) is 51.1 Å². The summed E-state index contributed by atoms with van der Waals surface area (Å²) in [7, 11) is -4.13. The summed E-state index contributed by atoms with van der Waals surface area (Å²) in [5.41, 5.74) is 2.04. The predicted molar refractivity (Wildman–Crippen MR) is 152 cm³/mol. The quantitative estimate of drug-likeness (QED) is 0.334. The fraction of sp³-hybridized carbons (Fsp3) is 0.310. The molecule has 0 unspecified atom stereocenters. The standard InChI is InChI=1S/C29H34ClN3O4S/c1-4-18-31-29(35)27(5-2)32(20-23-11-7-6-8-12-23)28(34)21-33(25-13-9-10-22(3)19-25)38(36,37)26-16-14-24(30)15-17-26/h6-17,19,27H,4-5,18,20-21H2,1-3H3,(H,31,35)/t27-/m0/s1. The van der Waals surface area contributed by atoms with Crippen LogP contribution >= 0.6 is 11.6 Å². The molecule has 0 radical (unpaired) electrons. The topological polar surface area (TPSA) is 86.8 Å². The number of halogens is 1. The summed E-state index contributed by atoms with van der Waals surface area (Å²) in [5, 5.41) is 3.28. The molecule has 0 fully saturated rings. The van der Waals surface area contributed by atoms with E-state index in [0.717, 1.165) is 21.9 Å². The molecule has 38 heavy (non-hydrogen) atoms. The van der Waals surface area contributed by atoms with E-state index in [1.54, 1.807) is 18.2 Å². The van der Waals surface area contributed by atoms with Crippen molar-refractivity contribution in [3.63, 3.8) is 0 Å². The smallest absolute Gasteiger partial charge is 0.264 e. The van der Waals surface area contributed by atoms with Crippen LogP contribution in [-0.2, 0) is 26.2 Å². The first-order chi connectivity index (χ1) is 18.2. The van der Waals surface area contributed by atoms with Gasteiger partial charge in [-0.05, 0) is 67.3 Å². The molecule has 3 rings (SSSR count). The van der Waals surface area contributed by atoms with Crippen molar-refractivity contribution >= 4 is 39.1 Å². The van der Waals surface area contributed by atoms with Crippen LogP contribution in [0.25, 0.3) is 0 Å². The lowest BCUT2D eigenvalue weighted by Gasteiger charge is -2.33. The Morgan fingerprint density at radius 2 is 1.63 bits per heavy atom. The van der Waals surface area contributed by atoms with Gasteiger partial charge in [-0.3, -0.25) is 13.9 Å². The minimum Gasteiger partial charge on any atom is -0.354 e. The molecule has 7 nitrogen and oxygen atoms in total. The van der Waals surface area contributed by atoms with Crippen LogP contribution in [0.2, 0.25) is 5.02 Å². The highest BCUT2D eigenvalue weighted by molar-refractivity contribution is 7.92. The Kier molecular flexibility index (Phi) is 10.3. The van der Waals surface area contributed by atoms with E-state index in [2.05, 4.69) is 5.32 Å². The molecule has 1 atom stereocenters. The molecule has 202 valence electrons. The summed E-state index contributed by atoms with van der Waals surface area (Å²) in [6, 6.07) is 21.4. The Labute approximate surface area is 230 Å². The summed E-state index contributed by atoms with van der Waals surface area (Å²) in [5.74, 6) is -0.743. The van der Waals surface area contributed by atoms with Crippen LogP contribution < -0.4 is 9.62 Å². The monoisotopic (exact) mass is 555 g/mol. The number of aryl methyl sites for hydroxylation is 1. The number of anilines is 1. The molecule has 0 aliphatic carbocycles. The van der Waals surface area contributed by atoms with Gasteiger partial charge in [0.15, 0.2) is 0 Å². The second-order valence-corrected chi connectivity index (χ2v) is 11.3. The third-order valence-electron chi connectivity index (χ3n) is 6.10. The van der Waals surface area contributed by atoms with Gasteiger partial charge in [0, 0.05) is 18.1 Å². The Hall–Kier alpha value is -3.36. The predicted octanol–water partition coefficient (Wildman–Crippen LogP) is 5.18. The van der Waals surface area contributed by atoms with Crippen molar-refractivity contribution in [3.05, 3.63) is 95.0 Å². The minimum atomic E-state index is -4.13. The molecule has 0 aromatic heterocycles. The molecule has 0 bridgehead atoms. The van der Waals surface area contributed by atoms with Crippen molar-refractivity contribution in [1.82, 2.24) is 10.2 Å². The second-order valence-electron chi connectivity index (χ2n) is 9.03. The summed E-state index contributed by atoms with van der Waals surface area (Å²) in [4.78, 5) is 28.5. The molecule has 1 N–H and O–H groups in total. The zero-order valence-corrected chi connectivity index (χ0v) is 23.5. The minimum absolute atomic E-state index is 0.0125. The molecule has 0 spiro atoms. The highest BCUT2D eigenvalue weighted by Gasteiger charge is 2.33. The zero-order chi connectivity index (χ0) is 27.7. The number of carbonyl (C=O) groups is 2. The number of hydrogen-bond acceptors (Lipinski definition) is 4. The first kappa shape index (κ1) is 29.2. The van der Waals surface area contributed by atoms with Crippen molar-refractivity contribution in [2.24, 2.45) is 0 Å². The van der Waals surface area contributed by atoms with Gasteiger partial charge in [0.2, 0.25) is 11.8 Å². The van der Waals surface area contributed by atoms with E-state index in [9.17, 15) is 18.0 Å². The average Bonchev–Trinajstić information content (AvgIpc) is 2.91. The normalized spacial score (nSPS) is 12.0. The summed E-state index contributed by atoms with van der Waals surface area (Å²) in [6.45, 7) is 5.83. The number of hydrogen-bond donors (Lipinski definition) is 1. The number of rotatable bonds is 12. The molecular weight excluding hydrogens is 522 g/mol. The lowest BCUT2D eigenvalue weighted by molar-refractivity contribution is -0.140. The number of carbonyl (C=O) groups excluding carboxylic acids is 2. The molecule has 0 saturated carbocycles. The van der Waals surface area contributed by atoms with Crippen LogP contribution in [0.4, 0.5) is 5.69 Å². The molecule has 0 aliphatic heterocycles. The van der Waals surface area contributed by atoms with Crippen LogP contribution in [0.3, 0.4) is 0 Å². The number of sulfonamides is 1. The van der Waals surface area contributed by atoms with E-state index in [0.29, 0.717) is 23.7 Å². The molecular formula is C29H34ClN3O4S. The first-order valence-electron chi connectivity index (χ1n) is 12.6. The van der Waals surface area contributed by atoms with Gasteiger partial charge in [0.1, 0.15) is 12.6 Å². The van der Waals surface area contributed by atoms with Gasteiger partial charge in [0.25, 0.3) is 10.0 Å². The van der Waals surface area contributed by atoms with Crippen LogP contribution in [0.15, 0.2) is 83.8 Å². The van der Waals surface area contributed by atoms with E-state index in [4.69, 9.17) is 11.6 Å². The summed E-state index contributed by atoms with van der Waals surface area (Å²) in [6.07, 6.45) is 1.14. The van der Waals surface area contributed by atoms with E-state index in [-0.39, 0.29) is 17.3 Å². The third kappa shape index (κ3) is 7.36. The van der Waals surface area contributed by atoms with Gasteiger partial charge in [-0.15, -0.1) is 0 Å². The van der Waals surface area contributed by atoms with Gasteiger partial charge in [-0.25, -0.2) is 8.42 Å². The van der Waals surface area contributed by atoms with E-state index < -0.39 is 28.5 Å². The molecule has 0 saturated heterocycles. The Balaban J connectivity index is 2.04. The van der Waals surface area contributed by atoms with Gasteiger partial charge in [-0.2, -0.15) is 0 Å².